The number of carbonyl (C=O) groups is 3. The molecule has 1 aliphatic heterocycles. The highest BCUT2D eigenvalue weighted by Gasteiger charge is 2.39. The molecule has 0 bridgehead atoms. The van der Waals surface area contributed by atoms with Gasteiger partial charge < -0.3 is 9.64 Å². The van der Waals surface area contributed by atoms with E-state index in [1.807, 2.05) is 12.1 Å². The summed E-state index contributed by atoms with van der Waals surface area (Å²) in [5.41, 5.74) is 1.88. The van der Waals surface area contributed by atoms with Crippen molar-refractivity contribution in [2.45, 2.75) is 46.1 Å². The number of fused-ring (bicyclic) bond motifs is 1. The fourth-order valence-electron chi connectivity index (χ4n) is 3.35. The molecule has 0 spiro atoms. The Labute approximate surface area is 158 Å². The van der Waals surface area contributed by atoms with Crippen LogP contribution in [-0.4, -0.2) is 40.4 Å². The third-order valence-corrected chi connectivity index (χ3v) is 5.89. The molecular weight excluding hydrogens is 350 g/mol. The van der Waals surface area contributed by atoms with Crippen LogP contribution in [0.2, 0.25) is 0 Å². The lowest BCUT2D eigenvalue weighted by atomic mass is 9.97. The molecule has 6 heteroatoms. The summed E-state index contributed by atoms with van der Waals surface area (Å²) in [7, 11) is 0. The molecule has 1 aliphatic carbocycles. The summed E-state index contributed by atoms with van der Waals surface area (Å²) in [5, 5.41) is 0. The number of nitrogens with zero attached hydrogens (tertiary/aromatic N) is 1. The quantitative estimate of drug-likeness (QED) is 0.600. The zero-order valence-electron chi connectivity index (χ0n) is 15.5. The zero-order chi connectivity index (χ0) is 18.9. The van der Waals surface area contributed by atoms with Gasteiger partial charge in [-0.15, -0.1) is 11.8 Å². The van der Waals surface area contributed by atoms with Crippen LogP contribution in [0.4, 0.5) is 0 Å². The summed E-state index contributed by atoms with van der Waals surface area (Å²) in [6.07, 6.45) is 2.23. The smallest absolute Gasteiger partial charge is 0.337 e. The number of esters is 2. The van der Waals surface area contributed by atoms with Crippen molar-refractivity contribution in [3.8, 4) is 0 Å². The molecule has 3 rings (SSSR count). The van der Waals surface area contributed by atoms with E-state index in [-0.39, 0.29) is 11.8 Å². The van der Waals surface area contributed by atoms with Gasteiger partial charge in [-0.05, 0) is 50.7 Å². The first-order valence-electron chi connectivity index (χ1n) is 8.96. The van der Waals surface area contributed by atoms with E-state index in [1.165, 1.54) is 22.9 Å². The Morgan fingerprint density at radius 3 is 2.35 bits per heavy atom. The van der Waals surface area contributed by atoms with Crippen LogP contribution >= 0.6 is 11.8 Å². The highest BCUT2D eigenvalue weighted by molar-refractivity contribution is 7.99. The molecule has 5 nitrogen and oxygen atoms in total. The minimum Gasteiger partial charge on any atom is -0.391 e. The first kappa shape index (κ1) is 19.0. The van der Waals surface area contributed by atoms with E-state index >= 15 is 0 Å². The molecule has 1 aromatic rings. The van der Waals surface area contributed by atoms with Gasteiger partial charge in [0.1, 0.15) is 6.04 Å². The van der Waals surface area contributed by atoms with Gasteiger partial charge in [-0.3, -0.25) is 9.59 Å². The molecule has 1 aromatic carbocycles. The summed E-state index contributed by atoms with van der Waals surface area (Å²) >= 11 is 1.52. The Balaban J connectivity index is 1.59. The number of carbonyl (C=O) groups excluding carboxylic acids is 3. The van der Waals surface area contributed by atoms with Crippen molar-refractivity contribution in [2.75, 3.05) is 11.6 Å². The van der Waals surface area contributed by atoms with Crippen LogP contribution in [0.25, 0.3) is 0 Å². The summed E-state index contributed by atoms with van der Waals surface area (Å²) in [4.78, 5) is 38.7. The summed E-state index contributed by atoms with van der Waals surface area (Å²) in [5.74, 6) is 0.0295. The molecule has 0 N–H and O–H groups in total. The molecular formula is C20H25NO4S. The van der Waals surface area contributed by atoms with Crippen LogP contribution < -0.4 is 0 Å². The summed E-state index contributed by atoms with van der Waals surface area (Å²) in [6, 6.07) is 7.62. The second-order valence-corrected chi connectivity index (χ2v) is 9.08. The number of hydrogen-bond donors (Lipinski definition) is 0. The summed E-state index contributed by atoms with van der Waals surface area (Å²) < 4.78 is 5.01. The van der Waals surface area contributed by atoms with Crippen LogP contribution in [0.5, 0.6) is 0 Å². The Hall–Kier alpha value is -1.82. The van der Waals surface area contributed by atoms with Gasteiger partial charge in [0, 0.05) is 12.2 Å². The van der Waals surface area contributed by atoms with Gasteiger partial charge in [0.05, 0.1) is 11.3 Å². The van der Waals surface area contributed by atoms with Gasteiger partial charge in [-0.2, -0.15) is 0 Å². The molecule has 0 unspecified atom stereocenters. The highest BCUT2D eigenvalue weighted by atomic mass is 32.2. The molecule has 1 fully saturated rings. The Morgan fingerprint density at radius 1 is 1.15 bits per heavy atom. The maximum absolute atomic E-state index is 12.8. The lowest BCUT2D eigenvalue weighted by Gasteiger charge is -2.24. The van der Waals surface area contributed by atoms with Gasteiger partial charge in [-0.1, -0.05) is 24.3 Å². The molecule has 26 heavy (non-hydrogen) atoms. The van der Waals surface area contributed by atoms with E-state index in [9.17, 15) is 14.4 Å². The number of benzene rings is 1. The predicted molar refractivity (Wildman–Crippen MR) is 100 cm³/mol. The third-order valence-electron chi connectivity index (χ3n) is 4.88. The van der Waals surface area contributed by atoms with Gasteiger partial charge in [0.2, 0.25) is 5.91 Å². The number of ether oxygens (including phenoxy) is 1. The highest BCUT2D eigenvalue weighted by Crippen LogP contribution is 2.31. The standard InChI is InChI=1S/C20H25NO4S/c1-20(2,3)19(24)25-18(23)16-11-26-12-21(16)17(22)10-13-8-14-6-4-5-7-15(14)9-13/h4-7,13,16H,8-12H2,1-3H3/t16-/m0/s1. The first-order valence-corrected chi connectivity index (χ1v) is 10.1. The van der Waals surface area contributed by atoms with Crippen molar-refractivity contribution in [2.24, 2.45) is 11.3 Å². The summed E-state index contributed by atoms with van der Waals surface area (Å²) in [6.45, 7) is 5.10. The van der Waals surface area contributed by atoms with Crippen molar-refractivity contribution >= 4 is 29.6 Å². The van der Waals surface area contributed by atoms with Crippen LogP contribution in [0, 0.1) is 11.3 Å². The van der Waals surface area contributed by atoms with Crippen LogP contribution in [-0.2, 0) is 32.0 Å². The Kier molecular flexibility index (Phi) is 5.42. The predicted octanol–water partition coefficient (Wildman–Crippen LogP) is 2.81. The van der Waals surface area contributed by atoms with Crippen molar-refractivity contribution in [3.63, 3.8) is 0 Å². The molecule has 0 saturated carbocycles. The molecule has 1 amide bonds. The van der Waals surface area contributed by atoms with Gasteiger partial charge in [0.15, 0.2) is 0 Å². The zero-order valence-corrected chi connectivity index (χ0v) is 16.3. The lowest BCUT2D eigenvalue weighted by molar-refractivity contribution is -0.169. The van der Waals surface area contributed by atoms with E-state index in [4.69, 9.17) is 4.74 Å². The molecule has 1 atom stereocenters. The number of amides is 1. The molecule has 1 heterocycles. The van der Waals surface area contributed by atoms with Crippen LogP contribution in [0.1, 0.15) is 38.3 Å². The van der Waals surface area contributed by atoms with Crippen LogP contribution in [0.3, 0.4) is 0 Å². The average Bonchev–Trinajstić information content (AvgIpc) is 3.20. The number of hydrogen-bond acceptors (Lipinski definition) is 5. The van der Waals surface area contributed by atoms with Gasteiger partial charge in [0.25, 0.3) is 0 Å². The second kappa shape index (κ2) is 7.43. The van der Waals surface area contributed by atoms with E-state index in [2.05, 4.69) is 12.1 Å². The Bertz CT molecular complexity index is 700. The van der Waals surface area contributed by atoms with Crippen molar-refractivity contribution in [1.29, 1.82) is 0 Å². The second-order valence-electron chi connectivity index (χ2n) is 8.08. The van der Waals surface area contributed by atoms with E-state index < -0.39 is 23.4 Å². The normalized spacial score (nSPS) is 20.1. The fraction of sp³-hybridized carbons (Fsp3) is 0.550. The van der Waals surface area contributed by atoms with Gasteiger partial charge in [-0.25, -0.2) is 4.79 Å². The topological polar surface area (TPSA) is 63.7 Å². The Morgan fingerprint density at radius 2 is 1.77 bits per heavy atom. The first-order chi connectivity index (χ1) is 12.3. The lowest BCUT2D eigenvalue weighted by Crippen LogP contribution is -2.44. The average molecular weight is 375 g/mol. The molecule has 1 saturated heterocycles. The minimum absolute atomic E-state index is 0.0297. The number of thioether (sulfide) groups is 1. The fourth-order valence-corrected chi connectivity index (χ4v) is 4.52. The van der Waals surface area contributed by atoms with E-state index in [0.29, 0.717) is 18.1 Å². The maximum Gasteiger partial charge on any atom is 0.337 e. The monoisotopic (exact) mass is 375 g/mol. The molecule has 140 valence electrons. The van der Waals surface area contributed by atoms with Crippen molar-refractivity contribution in [1.82, 2.24) is 4.90 Å². The third kappa shape index (κ3) is 4.11. The van der Waals surface area contributed by atoms with Crippen LogP contribution in [0.15, 0.2) is 24.3 Å². The van der Waals surface area contributed by atoms with E-state index in [0.717, 1.165) is 12.8 Å². The minimum atomic E-state index is -0.744. The SMILES string of the molecule is CC(C)(C)C(=O)OC(=O)[C@@H]1CSCN1C(=O)CC1Cc2ccccc2C1. The maximum atomic E-state index is 12.8. The van der Waals surface area contributed by atoms with E-state index in [1.54, 1.807) is 25.7 Å². The van der Waals surface area contributed by atoms with Crippen molar-refractivity contribution < 1.29 is 19.1 Å². The number of rotatable bonds is 3. The molecule has 0 radical (unpaired) electrons. The van der Waals surface area contributed by atoms with Gasteiger partial charge >= 0.3 is 11.9 Å². The molecule has 0 aromatic heterocycles. The molecule has 2 aliphatic rings. The van der Waals surface area contributed by atoms with Crippen molar-refractivity contribution in [3.05, 3.63) is 35.4 Å². The largest absolute Gasteiger partial charge is 0.391 e.